The molecule has 0 unspecified atom stereocenters. The van der Waals surface area contributed by atoms with E-state index in [-0.39, 0.29) is 15.6 Å². The van der Waals surface area contributed by atoms with Gasteiger partial charge in [0.1, 0.15) is 4.99 Å². The Kier molecular flexibility index (Phi) is 3.11. The Hall–Kier alpha value is -1.01. The van der Waals surface area contributed by atoms with Crippen LogP contribution in [-0.4, -0.2) is 4.99 Å². The Labute approximate surface area is 94.0 Å². The largest absolute Gasteiger partial charge is 0.418 e. The van der Waals surface area contributed by atoms with Crippen LogP contribution in [0.15, 0.2) is 12.1 Å². The van der Waals surface area contributed by atoms with Crippen LogP contribution in [0, 0.1) is 0 Å². The molecule has 82 valence electrons. The SMILES string of the molecule is NC(=S)c1cc(Cl)cc(C(F)(F)F)c1N. The molecule has 0 aliphatic carbocycles. The van der Waals surface area contributed by atoms with E-state index in [2.05, 4.69) is 12.2 Å². The Morgan fingerprint density at radius 3 is 2.27 bits per heavy atom. The second-order valence-electron chi connectivity index (χ2n) is 2.78. The molecule has 1 rings (SSSR count). The van der Waals surface area contributed by atoms with Crippen LogP contribution in [0.4, 0.5) is 18.9 Å². The van der Waals surface area contributed by atoms with Gasteiger partial charge >= 0.3 is 6.18 Å². The maximum absolute atomic E-state index is 12.4. The van der Waals surface area contributed by atoms with Gasteiger partial charge in [0.15, 0.2) is 0 Å². The lowest BCUT2D eigenvalue weighted by molar-refractivity contribution is -0.136. The fraction of sp³-hybridized carbons (Fsp3) is 0.125. The smallest absolute Gasteiger partial charge is 0.398 e. The Balaban J connectivity index is 3.49. The molecule has 7 heteroatoms. The van der Waals surface area contributed by atoms with Crippen LogP contribution >= 0.6 is 23.8 Å². The highest BCUT2D eigenvalue weighted by Gasteiger charge is 2.34. The quantitative estimate of drug-likeness (QED) is 0.598. The van der Waals surface area contributed by atoms with E-state index < -0.39 is 17.4 Å². The van der Waals surface area contributed by atoms with Gasteiger partial charge in [0.2, 0.25) is 0 Å². The third-order valence-corrected chi connectivity index (χ3v) is 2.15. The number of hydrogen-bond acceptors (Lipinski definition) is 2. The first-order valence-corrected chi connectivity index (χ1v) is 4.48. The Morgan fingerprint density at radius 1 is 1.33 bits per heavy atom. The lowest BCUT2D eigenvalue weighted by atomic mass is 10.1. The highest BCUT2D eigenvalue weighted by atomic mass is 35.5. The molecule has 0 atom stereocenters. The van der Waals surface area contributed by atoms with Gasteiger partial charge in [-0.2, -0.15) is 13.2 Å². The molecule has 2 nitrogen and oxygen atoms in total. The molecule has 1 aromatic carbocycles. The molecule has 0 saturated heterocycles. The number of anilines is 1. The molecule has 0 fully saturated rings. The number of nitrogens with two attached hydrogens (primary N) is 2. The van der Waals surface area contributed by atoms with Crippen molar-refractivity contribution in [1.29, 1.82) is 0 Å². The second-order valence-corrected chi connectivity index (χ2v) is 3.65. The molecular weight excluding hydrogens is 249 g/mol. The van der Waals surface area contributed by atoms with Crippen LogP contribution in [0.2, 0.25) is 5.02 Å². The van der Waals surface area contributed by atoms with Crippen LogP contribution in [-0.2, 0) is 6.18 Å². The van der Waals surface area contributed by atoms with Crippen molar-refractivity contribution in [1.82, 2.24) is 0 Å². The summed E-state index contributed by atoms with van der Waals surface area (Å²) in [5.74, 6) is 0. The first kappa shape index (κ1) is 12.1. The summed E-state index contributed by atoms with van der Waals surface area (Å²) in [6.07, 6.45) is -4.57. The molecule has 0 saturated carbocycles. The third kappa shape index (κ3) is 2.51. The van der Waals surface area contributed by atoms with E-state index in [0.717, 1.165) is 6.07 Å². The summed E-state index contributed by atoms with van der Waals surface area (Å²) in [5.41, 5.74) is 8.92. The summed E-state index contributed by atoms with van der Waals surface area (Å²) >= 11 is 10.1. The number of nitrogen functional groups attached to an aromatic ring is 1. The average molecular weight is 255 g/mol. The molecule has 0 amide bonds. The summed E-state index contributed by atoms with van der Waals surface area (Å²) in [4.78, 5) is -0.222. The van der Waals surface area contributed by atoms with Crippen LogP contribution in [0.25, 0.3) is 0 Å². The zero-order chi connectivity index (χ0) is 11.8. The Bertz CT molecular complexity index is 417. The molecule has 4 N–H and O–H groups in total. The molecular formula is C8H6ClF3N2S. The van der Waals surface area contributed by atoms with Gasteiger partial charge in [-0.3, -0.25) is 0 Å². The molecule has 0 aliphatic rings. The molecule has 15 heavy (non-hydrogen) atoms. The zero-order valence-corrected chi connectivity index (χ0v) is 8.80. The van der Waals surface area contributed by atoms with Crippen molar-refractivity contribution in [3.63, 3.8) is 0 Å². The molecule has 0 heterocycles. The molecule has 0 bridgehead atoms. The molecule has 0 radical (unpaired) electrons. The zero-order valence-electron chi connectivity index (χ0n) is 7.23. The summed E-state index contributed by atoms with van der Waals surface area (Å²) < 4.78 is 37.3. The van der Waals surface area contributed by atoms with Gasteiger partial charge < -0.3 is 11.5 Å². The third-order valence-electron chi connectivity index (χ3n) is 1.72. The number of benzene rings is 1. The summed E-state index contributed by atoms with van der Waals surface area (Å²) in [5, 5.41) is -0.112. The van der Waals surface area contributed by atoms with Crippen molar-refractivity contribution in [3.8, 4) is 0 Å². The maximum Gasteiger partial charge on any atom is 0.418 e. The summed E-state index contributed by atoms with van der Waals surface area (Å²) in [6, 6.07) is 1.94. The molecule has 0 aromatic heterocycles. The van der Waals surface area contributed by atoms with E-state index in [1.54, 1.807) is 0 Å². The van der Waals surface area contributed by atoms with Crippen molar-refractivity contribution < 1.29 is 13.2 Å². The highest BCUT2D eigenvalue weighted by molar-refractivity contribution is 7.80. The van der Waals surface area contributed by atoms with Crippen LogP contribution in [0.3, 0.4) is 0 Å². The molecule has 1 aromatic rings. The van der Waals surface area contributed by atoms with Crippen molar-refractivity contribution >= 4 is 34.5 Å². The molecule has 0 spiro atoms. The minimum absolute atomic E-state index is 0.0650. The van der Waals surface area contributed by atoms with Crippen molar-refractivity contribution in [2.75, 3.05) is 5.73 Å². The van der Waals surface area contributed by atoms with E-state index in [0.29, 0.717) is 0 Å². The number of hydrogen-bond donors (Lipinski definition) is 2. The minimum Gasteiger partial charge on any atom is -0.398 e. The van der Waals surface area contributed by atoms with Gasteiger partial charge in [0, 0.05) is 10.6 Å². The van der Waals surface area contributed by atoms with Crippen molar-refractivity contribution in [3.05, 3.63) is 28.3 Å². The summed E-state index contributed by atoms with van der Waals surface area (Å²) in [6.45, 7) is 0. The van der Waals surface area contributed by atoms with Gasteiger partial charge in [-0.1, -0.05) is 23.8 Å². The van der Waals surface area contributed by atoms with Gasteiger partial charge in [0.05, 0.1) is 11.3 Å². The van der Waals surface area contributed by atoms with E-state index >= 15 is 0 Å². The maximum atomic E-state index is 12.4. The van der Waals surface area contributed by atoms with Crippen molar-refractivity contribution in [2.24, 2.45) is 5.73 Å². The lowest BCUT2D eigenvalue weighted by Gasteiger charge is -2.13. The first-order chi connectivity index (χ1) is 6.73. The van der Waals surface area contributed by atoms with Crippen LogP contribution in [0.5, 0.6) is 0 Å². The van der Waals surface area contributed by atoms with Crippen LogP contribution in [0.1, 0.15) is 11.1 Å². The second kappa shape index (κ2) is 3.86. The molecule has 0 aliphatic heterocycles. The normalized spacial score (nSPS) is 11.5. The van der Waals surface area contributed by atoms with Gasteiger partial charge in [0.25, 0.3) is 0 Å². The van der Waals surface area contributed by atoms with Crippen molar-refractivity contribution in [2.45, 2.75) is 6.18 Å². The minimum atomic E-state index is -4.57. The van der Waals surface area contributed by atoms with E-state index in [9.17, 15) is 13.2 Å². The van der Waals surface area contributed by atoms with E-state index in [1.165, 1.54) is 6.07 Å². The van der Waals surface area contributed by atoms with Gasteiger partial charge in [-0.15, -0.1) is 0 Å². The number of thiocarbonyl (C=S) groups is 1. The number of alkyl halides is 3. The van der Waals surface area contributed by atoms with E-state index in [1.807, 2.05) is 0 Å². The van der Waals surface area contributed by atoms with E-state index in [4.69, 9.17) is 23.1 Å². The lowest BCUT2D eigenvalue weighted by Crippen LogP contribution is -2.17. The Morgan fingerprint density at radius 2 is 1.87 bits per heavy atom. The topological polar surface area (TPSA) is 52.0 Å². The highest BCUT2D eigenvalue weighted by Crippen LogP contribution is 2.37. The first-order valence-electron chi connectivity index (χ1n) is 3.69. The predicted octanol–water partition coefficient (Wildman–Crippen LogP) is 2.58. The fourth-order valence-electron chi connectivity index (χ4n) is 1.06. The number of rotatable bonds is 1. The average Bonchev–Trinajstić information content (AvgIpc) is 2.06. The van der Waals surface area contributed by atoms with Crippen LogP contribution < -0.4 is 11.5 Å². The fourth-order valence-corrected chi connectivity index (χ4v) is 1.44. The van der Waals surface area contributed by atoms with Gasteiger partial charge in [-0.05, 0) is 12.1 Å². The predicted molar refractivity (Wildman–Crippen MR) is 56.8 cm³/mol. The van der Waals surface area contributed by atoms with Gasteiger partial charge in [-0.25, -0.2) is 0 Å². The monoisotopic (exact) mass is 254 g/mol. The number of halogens is 4. The summed E-state index contributed by atoms with van der Waals surface area (Å²) in [7, 11) is 0. The standard InChI is InChI=1S/C8H6ClF3N2S/c9-3-1-4(7(14)15)6(13)5(2-3)8(10,11)12/h1-2H,13H2,(H2,14,15).